The second-order valence-electron chi connectivity index (χ2n) is 4.78. The number of hydrogen-bond acceptors (Lipinski definition) is 3. The van der Waals surface area contributed by atoms with Crippen LogP contribution in [0.25, 0.3) is 11.3 Å². The van der Waals surface area contributed by atoms with Crippen molar-refractivity contribution in [2.45, 2.75) is 5.16 Å². The first-order valence-corrected chi connectivity index (χ1v) is 7.79. The summed E-state index contributed by atoms with van der Waals surface area (Å²) in [7, 11) is 0. The number of benzene rings is 2. The molecular weight excluding hydrogens is 278 g/mol. The Kier molecular flexibility index (Phi) is 3.09. The smallest absolute Gasteiger partial charge is 0.174 e. The molecule has 0 bridgehead atoms. The molecule has 0 unspecified atom stereocenters. The summed E-state index contributed by atoms with van der Waals surface area (Å²) in [6.07, 6.45) is 1.93. The van der Waals surface area contributed by atoms with Crippen LogP contribution >= 0.6 is 11.8 Å². The van der Waals surface area contributed by atoms with E-state index in [0.29, 0.717) is 0 Å². The first-order chi connectivity index (χ1) is 10.4. The van der Waals surface area contributed by atoms with Gasteiger partial charge in [-0.1, -0.05) is 60.3 Å². The van der Waals surface area contributed by atoms with Gasteiger partial charge in [-0.2, -0.15) is 0 Å². The van der Waals surface area contributed by atoms with Crippen LogP contribution < -0.4 is 0 Å². The molecule has 2 aromatic carbocycles. The van der Waals surface area contributed by atoms with Crippen molar-refractivity contribution in [2.75, 3.05) is 5.75 Å². The van der Waals surface area contributed by atoms with Gasteiger partial charge in [0, 0.05) is 5.56 Å². The van der Waals surface area contributed by atoms with E-state index in [4.69, 9.17) is 4.99 Å². The van der Waals surface area contributed by atoms with Gasteiger partial charge >= 0.3 is 0 Å². The molecule has 3 nitrogen and oxygen atoms in total. The Morgan fingerprint density at radius 1 is 0.952 bits per heavy atom. The molecule has 0 N–H and O–H groups in total. The van der Waals surface area contributed by atoms with Gasteiger partial charge in [0.2, 0.25) is 0 Å². The van der Waals surface area contributed by atoms with Crippen LogP contribution in [-0.4, -0.2) is 21.1 Å². The quantitative estimate of drug-likeness (QED) is 0.707. The summed E-state index contributed by atoms with van der Waals surface area (Å²) >= 11 is 1.73. The summed E-state index contributed by atoms with van der Waals surface area (Å²) in [5.41, 5.74) is 3.25. The van der Waals surface area contributed by atoms with Crippen LogP contribution in [0.3, 0.4) is 0 Å². The van der Waals surface area contributed by atoms with Gasteiger partial charge in [-0.3, -0.25) is 4.57 Å². The minimum absolute atomic E-state index is 0.859. The zero-order valence-electron chi connectivity index (χ0n) is 11.3. The standard InChI is InChI=1S/C17H13N3S/c1-3-7-13(8-4-1)15-11-18-17-20(15)16(12-21-17)19-14-9-5-2-6-10-14/h1-11H,12H2. The third-order valence-corrected chi connectivity index (χ3v) is 4.35. The van der Waals surface area contributed by atoms with E-state index < -0.39 is 0 Å². The van der Waals surface area contributed by atoms with Crippen molar-refractivity contribution in [3.05, 3.63) is 66.9 Å². The molecule has 0 aliphatic carbocycles. The highest BCUT2D eigenvalue weighted by atomic mass is 32.2. The molecule has 0 radical (unpaired) electrons. The monoisotopic (exact) mass is 291 g/mol. The summed E-state index contributed by atoms with van der Waals surface area (Å²) in [6, 6.07) is 20.4. The van der Waals surface area contributed by atoms with Gasteiger partial charge in [0.25, 0.3) is 0 Å². The molecule has 4 rings (SSSR count). The normalized spacial score (nSPS) is 15.3. The van der Waals surface area contributed by atoms with Gasteiger partial charge in [-0.25, -0.2) is 9.98 Å². The Morgan fingerprint density at radius 2 is 1.67 bits per heavy atom. The van der Waals surface area contributed by atoms with Crippen molar-refractivity contribution in [1.82, 2.24) is 9.55 Å². The molecule has 1 aromatic heterocycles. The zero-order valence-corrected chi connectivity index (χ0v) is 12.1. The minimum atomic E-state index is 0.859. The van der Waals surface area contributed by atoms with E-state index in [1.54, 1.807) is 11.8 Å². The van der Waals surface area contributed by atoms with Crippen molar-refractivity contribution in [2.24, 2.45) is 4.99 Å². The Morgan fingerprint density at radius 3 is 2.43 bits per heavy atom. The van der Waals surface area contributed by atoms with Gasteiger partial charge in [-0.15, -0.1) is 0 Å². The van der Waals surface area contributed by atoms with Crippen molar-refractivity contribution in [3.63, 3.8) is 0 Å². The predicted molar refractivity (Wildman–Crippen MR) is 87.3 cm³/mol. The van der Waals surface area contributed by atoms with Gasteiger partial charge < -0.3 is 0 Å². The van der Waals surface area contributed by atoms with Crippen LogP contribution in [0.4, 0.5) is 5.69 Å². The molecule has 4 heteroatoms. The number of para-hydroxylation sites is 1. The molecule has 102 valence electrons. The van der Waals surface area contributed by atoms with E-state index in [9.17, 15) is 0 Å². The summed E-state index contributed by atoms with van der Waals surface area (Å²) in [5, 5.41) is 1.02. The fourth-order valence-corrected chi connectivity index (χ4v) is 3.34. The van der Waals surface area contributed by atoms with Crippen molar-refractivity contribution >= 4 is 23.3 Å². The molecule has 1 aliphatic heterocycles. The summed E-state index contributed by atoms with van der Waals surface area (Å²) in [4.78, 5) is 9.29. The molecule has 0 fully saturated rings. The number of nitrogens with zero attached hydrogens (tertiary/aromatic N) is 3. The number of thioether (sulfide) groups is 1. The van der Waals surface area contributed by atoms with Crippen LogP contribution in [-0.2, 0) is 0 Å². The first-order valence-electron chi connectivity index (χ1n) is 6.81. The van der Waals surface area contributed by atoms with E-state index in [2.05, 4.69) is 21.7 Å². The van der Waals surface area contributed by atoms with E-state index >= 15 is 0 Å². The van der Waals surface area contributed by atoms with Crippen molar-refractivity contribution in [1.29, 1.82) is 0 Å². The van der Waals surface area contributed by atoms with Crippen LogP contribution in [0.15, 0.2) is 77.0 Å². The summed E-state index contributed by atoms with van der Waals surface area (Å²) in [5.74, 6) is 1.90. The Labute approximate surface area is 127 Å². The molecule has 0 amide bonds. The number of rotatable bonds is 2. The zero-order chi connectivity index (χ0) is 14.1. The van der Waals surface area contributed by atoms with Crippen molar-refractivity contribution in [3.8, 4) is 11.3 Å². The molecule has 0 atom stereocenters. The fourth-order valence-electron chi connectivity index (χ4n) is 2.43. The van der Waals surface area contributed by atoms with E-state index in [1.807, 2.05) is 54.7 Å². The van der Waals surface area contributed by atoms with Crippen LogP contribution in [0.5, 0.6) is 0 Å². The average Bonchev–Trinajstić information content (AvgIpc) is 3.12. The molecule has 3 aromatic rings. The number of aromatic nitrogens is 2. The topological polar surface area (TPSA) is 30.2 Å². The molecule has 0 saturated carbocycles. The lowest BCUT2D eigenvalue weighted by atomic mass is 10.2. The molecule has 0 spiro atoms. The maximum Gasteiger partial charge on any atom is 0.174 e. The molecule has 1 aliphatic rings. The highest BCUT2D eigenvalue weighted by Gasteiger charge is 2.23. The Bertz CT molecular complexity index is 791. The Hall–Kier alpha value is -2.33. The number of fused-ring (bicyclic) bond motifs is 1. The summed E-state index contributed by atoms with van der Waals surface area (Å²) in [6.45, 7) is 0. The van der Waals surface area contributed by atoms with Gasteiger partial charge in [-0.05, 0) is 12.1 Å². The highest BCUT2D eigenvalue weighted by molar-refractivity contribution is 8.00. The summed E-state index contributed by atoms with van der Waals surface area (Å²) < 4.78 is 2.16. The van der Waals surface area contributed by atoms with Crippen LogP contribution in [0.1, 0.15) is 0 Å². The minimum Gasteiger partial charge on any atom is -0.274 e. The van der Waals surface area contributed by atoms with Gasteiger partial charge in [0.1, 0.15) is 5.84 Å². The highest BCUT2D eigenvalue weighted by Crippen LogP contribution is 2.32. The second-order valence-corrected chi connectivity index (χ2v) is 5.72. The lowest BCUT2D eigenvalue weighted by Gasteiger charge is -2.06. The lowest BCUT2D eigenvalue weighted by Crippen LogP contribution is -2.09. The SMILES string of the molecule is c1ccc(N=C2CSc3ncc(-c4ccccc4)n32)cc1. The maximum absolute atomic E-state index is 4.78. The van der Waals surface area contributed by atoms with Crippen LogP contribution in [0.2, 0.25) is 0 Å². The van der Waals surface area contributed by atoms with Gasteiger partial charge in [0.05, 0.1) is 23.3 Å². The number of aliphatic imine (C=N–C) groups is 1. The predicted octanol–water partition coefficient (Wildman–Crippen LogP) is 4.23. The largest absolute Gasteiger partial charge is 0.274 e. The van der Waals surface area contributed by atoms with Crippen LogP contribution in [0, 0.1) is 0 Å². The lowest BCUT2D eigenvalue weighted by molar-refractivity contribution is 0.965. The Balaban J connectivity index is 1.82. The molecule has 21 heavy (non-hydrogen) atoms. The third-order valence-electron chi connectivity index (χ3n) is 3.40. The maximum atomic E-state index is 4.78. The van der Waals surface area contributed by atoms with E-state index in [-0.39, 0.29) is 0 Å². The second kappa shape index (κ2) is 5.22. The average molecular weight is 291 g/mol. The first kappa shape index (κ1) is 12.4. The van der Waals surface area contributed by atoms with Gasteiger partial charge in [0.15, 0.2) is 5.16 Å². The molecule has 2 heterocycles. The number of imidazole rings is 1. The third kappa shape index (κ3) is 2.28. The van der Waals surface area contributed by atoms with E-state index in [0.717, 1.165) is 28.1 Å². The molecule has 0 saturated heterocycles. The number of hydrogen-bond donors (Lipinski definition) is 0. The fraction of sp³-hybridized carbons (Fsp3) is 0.0588. The molecular formula is C17H13N3S. The van der Waals surface area contributed by atoms with E-state index in [1.165, 1.54) is 5.56 Å². The van der Waals surface area contributed by atoms with Crippen molar-refractivity contribution < 1.29 is 0 Å².